The third-order valence-corrected chi connectivity index (χ3v) is 8.88. The molecule has 0 radical (unpaired) electrons. The van der Waals surface area contributed by atoms with E-state index in [-0.39, 0.29) is 28.5 Å². The molecule has 0 bridgehead atoms. The average Bonchev–Trinajstić information content (AvgIpc) is 2.99. The van der Waals surface area contributed by atoms with Crippen molar-refractivity contribution in [1.29, 1.82) is 0 Å². The second-order valence-corrected chi connectivity index (χ2v) is 9.70. The van der Waals surface area contributed by atoms with Gasteiger partial charge in [-0.05, 0) is 75.2 Å². The summed E-state index contributed by atoms with van der Waals surface area (Å²) >= 11 is 0. The van der Waals surface area contributed by atoms with Gasteiger partial charge in [0, 0.05) is 17.4 Å². The standard InChI is InChI=1S/C23H32O4/c1-14(20(25)27-4)17-7-8-18-19-6-5-15-13-16(24)9-10-22(15,3)23(19,26)12-11-21(17,18)2/h13,18-19,26H,5-12H2,1-4H3/b17-14-/t18-,19-,21+,22-,23+/m0/s1. The Morgan fingerprint density at radius 3 is 2.52 bits per heavy atom. The number of fused-ring (bicyclic) bond motifs is 5. The lowest BCUT2D eigenvalue weighted by Crippen LogP contribution is -2.62. The minimum absolute atomic E-state index is 0.0305. The third-order valence-electron chi connectivity index (χ3n) is 8.88. The Labute approximate surface area is 162 Å². The van der Waals surface area contributed by atoms with Gasteiger partial charge in [-0.1, -0.05) is 25.0 Å². The summed E-state index contributed by atoms with van der Waals surface area (Å²) in [6.45, 7) is 6.38. The average molecular weight is 373 g/mol. The Morgan fingerprint density at radius 2 is 1.81 bits per heavy atom. The van der Waals surface area contributed by atoms with E-state index in [4.69, 9.17) is 4.74 Å². The molecule has 0 aromatic heterocycles. The maximum Gasteiger partial charge on any atom is 0.333 e. The molecule has 27 heavy (non-hydrogen) atoms. The van der Waals surface area contributed by atoms with E-state index in [1.807, 2.05) is 13.0 Å². The van der Waals surface area contributed by atoms with Crippen LogP contribution in [0.4, 0.5) is 0 Å². The summed E-state index contributed by atoms with van der Waals surface area (Å²) < 4.78 is 4.99. The van der Waals surface area contributed by atoms with Crippen molar-refractivity contribution in [3.8, 4) is 0 Å². The zero-order chi connectivity index (χ0) is 19.6. The van der Waals surface area contributed by atoms with E-state index in [0.29, 0.717) is 12.3 Å². The lowest BCUT2D eigenvalue weighted by molar-refractivity contribution is -0.183. The lowest BCUT2D eigenvalue weighted by atomic mass is 9.45. The number of methoxy groups -OCH3 is 1. The number of hydrogen-bond acceptors (Lipinski definition) is 4. The van der Waals surface area contributed by atoms with Gasteiger partial charge in [-0.15, -0.1) is 0 Å². The summed E-state index contributed by atoms with van der Waals surface area (Å²) in [5.74, 6) is 0.612. The normalized spacial score (nSPS) is 45.4. The fourth-order valence-corrected chi connectivity index (χ4v) is 7.21. The summed E-state index contributed by atoms with van der Waals surface area (Å²) in [6, 6.07) is 0. The molecule has 0 aromatic rings. The van der Waals surface area contributed by atoms with Crippen molar-refractivity contribution in [3.05, 3.63) is 22.8 Å². The first-order chi connectivity index (χ1) is 12.7. The molecule has 0 unspecified atom stereocenters. The van der Waals surface area contributed by atoms with E-state index in [9.17, 15) is 14.7 Å². The van der Waals surface area contributed by atoms with Crippen molar-refractivity contribution in [2.45, 2.75) is 77.7 Å². The SMILES string of the molecule is COC(=O)/C(C)=C1/CC[C@H]2[C@@H]3CCC4=CC(=O)CC[C@]4(C)[C@@]3(O)CC[C@]12C. The van der Waals surface area contributed by atoms with Gasteiger partial charge in [0.15, 0.2) is 5.78 Å². The van der Waals surface area contributed by atoms with Gasteiger partial charge in [-0.2, -0.15) is 0 Å². The molecule has 4 heteroatoms. The van der Waals surface area contributed by atoms with Crippen LogP contribution in [-0.2, 0) is 14.3 Å². The number of aliphatic hydroxyl groups is 1. The van der Waals surface area contributed by atoms with E-state index in [1.54, 1.807) is 0 Å². The van der Waals surface area contributed by atoms with Crippen LogP contribution in [0.3, 0.4) is 0 Å². The quantitative estimate of drug-likeness (QED) is 0.555. The molecule has 4 rings (SSSR count). The minimum atomic E-state index is -0.740. The van der Waals surface area contributed by atoms with E-state index >= 15 is 0 Å². The number of hydrogen-bond donors (Lipinski definition) is 1. The highest BCUT2D eigenvalue weighted by Crippen LogP contribution is 2.68. The Balaban J connectivity index is 1.73. The smallest absolute Gasteiger partial charge is 0.333 e. The fraction of sp³-hybridized carbons (Fsp3) is 0.739. The van der Waals surface area contributed by atoms with Crippen molar-refractivity contribution >= 4 is 11.8 Å². The van der Waals surface area contributed by atoms with Crippen molar-refractivity contribution in [1.82, 2.24) is 0 Å². The predicted octanol–water partition coefficient (Wildman–Crippen LogP) is 4.12. The number of ketones is 1. The molecule has 5 atom stereocenters. The largest absolute Gasteiger partial charge is 0.466 e. The molecule has 0 aliphatic heterocycles. The summed E-state index contributed by atoms with van der Waals surface area (Å²) in [5, 5.41) is 12.0. The summed E-state index contributed by atoms with van der Waals surface area (Å²) in [5.41, 5.74) is 2.12. The topological polar surface area (TPSA) is 63.6 Å². The number of rotatable bonds is 1. The van der Waals surface area contributed by atoms with Crippen LogP contribution in [0.5, 0.6) is 0 Å². The molecule has 0 amide bonds. The van der Waals surface area contributed by atoms with Crippen LogP contribution >= 0.6 is 0 Å². The van der Waals surface area contributed by atoms with Gasteiger partial charge >= 0.3 is 5.97 Å². The number of carbonyl (C=O) groups excluding carboxylic acids is 2. The summed E-state index contributed by atoms with van der Waals surface area (Å²) in [7, 11) is 1.45. The van der Waals surface area contributed by atoms with Gasteiger partial charge in [0.25, 0.3) is 0 Å². The molecule has 1 N–H and O–H groups in total. The molecular formula is C23H32O4. The summed E-state index contributed by atoms with van der Waals surface area (Å²) in [4.78, 5) is 24.1. The third kappa shape index (κ3) is 2.38. The van der Waals surface area contributed by atoms with Crippen molar-refractivity contribution in [3.63, 3.8) is 0 Å². The van der Waals surface area contributed by atoms with Gasteiger partial charge in [0.2, 0.25) is 0 Å². The van der Waals surface area contributed by atoms with Crippen LogP contribution in [0.2, 0.25) is 0 Å². The minimum Gasteiger partial charge on any atom is -0.466 e. The molecule has 148 valence electrons. The highest BCUT2D eigenvalue weighted by atomic mass is 16.5. The molecule has 0 aromatic carbocycles. The Morgan fingerprint density at radius 1 is 1.11 bits per heavy atom. The molecule has 4 nitrogen and oxygen atoms in total. The molecule has 3 fully saturated rings. The van der Waals surface area contributed by atoms with Crippen molar-refractivity contribution in [2.24, 2.45) is 22.7 Å². The molecule has 0 spiro atoms. The van der Waals surface area contributed by atoms with Gasteiger partial charge in [-0.3, -0.25) is 4.79 Å². The van der Waals surface area contributed by atoms with Gasteiger partial charge in [-0.25, -0.2) is 4.79 Å². The second-order valence-electron chi connectivity index (χ2n) is 9.70. The van der Waals surface area contributed by atoms with Crippen LogP contribution in [0.25, 0.3) is 0 Å². The van der Waals surface area contributed by atoms with E-state index < -0.39 is 5.60 Å². The number of ether oxygens (including phenoxy) is 1. The summed E-state index contributed by atoms with van der Waals surface area (Å²) in [6.07, 6.45) is 8.57. The monoisotopic (exact) mass is 372 g/mol. The molecule has 4 aliphatic rings. The van der Waals surface area contributed by atoms with Crippen LogP contribution in [0, 0.1) is 22.7 Å². The fourth-order valence-electron chi connectivity index (χ4n) is 7.21. The van der Waals surface area contributed by atoms with Crippen molar-refractivity contribution < 1.29 is 19.4 Å². The number of allylic oxidation sites excluding steroid dienone is 1. The van der Waals surface area contributed by atoms with Gasteiger partial charge < -0.3 is 9.84 Å². The van der Waals surface area contributed by atoms with Gasteiger partial charge in [0.1, 0.15) is 0 Å². The number of carbonyl (C=O) groups is 2. The lowest BCUT2D eigenvalue weighted by Gasteiger charge is -2.62. The first-order valence-electron chi connectivity index (χ1n) is 10.4. The van der Waals surface area contributed by atoms with Crippen LogP contribution in [0.15, 0.2) is 22.8 Å². The van der Waals surface area contributed by atoms with Crippen LogP contribution < -0.4 is 0 Å². The van der Waals surface area contributed by atoms with Gasteiger partial charge in [0.05, 0.1) is 12.7 Å². The molecule has 4 aliphatic carbocycles. The number of esters is 1. The predicted molar refractivity (Wildman–Crippen MR) is 103 cm³/mol. The maximum atomic E-state index is 12.2. The molecule has 0 heterocycles. The Bertz CT molecular complexity index is 762. The zero-order valence-corrected chi connectivity index (χ0v) is 17.1. The van der Waals surface area contributed by atoms with E-state index in [2.05, 4.69) is 13.8 Å². The molecule has 0 saturated heterocycles. The molecular weight excluding hydrogens is 340 g/mol. The first-order valence-corrected chi connectivity index (χ1v) is 10.4. The maximum absolute atomic E-state index is 12.2. The van der Waals surface area contributed by atoms with E-state index in [1.165, 1.54) is 18.3 Å². The van der Waals surface area contributed by atoms with Crippen molar-refractivity contribution in [2.75, 3.05) is 7.11 Å². The molecule has 3 saturated carbocycles. The highest BCUT2D eigenvalue weighted by Gasteiger charge is 2.65. The van der Waals surface area contributed by atoms with Crippen LogP contribution in [-0.4, -0.2) is 29.6 Å². The van der Waals surface area contributed by atoms with Crippen LogP contribution in [0.1, 0.15) is 72.1 Å². The first kappa shape index (κ1) is 18.9. The Kier molecular flexibility index (Phi) is 4.23. The zero-order valence-electron chi connectivity index (χ0n) is 17.1. The highest BCUT2D eigenvalue weighted by molar-refractivity contribution is 5.92. The Hall–Kier alpha value is -1.42. The van der Waals surface area contributed by atoms with E-state index in [0.717, 1.165) is 50.5 Å². The second kappa shape index (κ2) is 6.04.